The molecular weight excluding hydrogens is 156 g/mol. The summed E-state index contributed by atoms with van der Waals surface area (Å²) in [4.78, 5) is 14.6. The van der Waals surface area contributed by atoms with Crippen LogP contribution in [0.4, 0.5) is 0 Å². The number of esters is 1. The van der Waals surface area contributed by atoms with Crippen LogP contribution in [0.1, 0.15) is 5.69 Å². The molecule has 4 nitrogen and oxygen atoms in total. The van der Waals surface area contributed by atoms with Gasteiger partial charge in [0.1, 0.15) is 0 Å². The van der Waals surface area contributed by atoms with Crippen LogP contribution in [0.3, 0.4) is 0 Å². The Hall–Kier alpha value is -1.58. The topological polar surface area (TPSA) is 44.1 Å². The second-order valence-electron chi connectivity index (χ2n) is 2.28. The molecule has 0 amide bonds. The summed E-state index contributed by atoms with van der Waals surface area (Å²) in [7, 11) is 1.34. The maximum atomic E-state index is 10.7. The first-order valence-electron chi connectivity index (χ1n) is 3.48. The van der Waals surface area contributed by atoms with Gasteiger partial charge in [-0.25, -0.2) is 9.78 Å². The fourth-order valence-corrected chi connectivity index (χ4v) is 0.736. The van der Waals surface area contributed by atoms with E-state index in [2.05, 4.69) is 9.72 Å². The molecule has 1 rings (SSSR count). The van der Waals surface area contributed by atoms with E-state index in [9.17, 15) is 4.79 Å². The molecule has 0 fully saturated rings. The summed E-state index contributed by atoms with van der Waals surface area (Å²) in [6.45, 7) is 1.90. The van der Waals surface area contributed by atoms with Crippen molar-refractivity contribution in [2.24, 2.45) is 0 Å². The van der Waals surface area contributed by atoms with Gasteiger partial charge in [0.2, 0.25) is 0 Å². The summed E-state index contributed by atoms with van der Waals surface area (Å²) in [6.07, 6.45) is 6.28. The molecule has 0 atom stereocenters. The van der Waals surface area contributed by atoms with Gasteiger partial charge in [0.15, 0.2) is 0 Å². The van der Waals surface area contributed by atoms with E-state index < -0.39 is 0 Å². The Morgan fingerprint density at radius 1 is 1.75 bits per heavy atom. The van der Waals surface area contributed by atoms with Crippen LogP contribution in [0.5, 0.6) is 0 Å². The van der Waals surface area contributed by atoms with Crippen molar-refractivity contribution in [1.29, 1.82) is 0 Å². The van der Waals surface area contributed by atoms with E-state index in [1.807, 2.05) is 6.92 Å². The third-order valence-electron chi connectivity index (χ3n) is 1.43. The average molecular weight is 166 g/mol. The summed E-state index contributed by atoms with van der Waals surface area (Å²) >= 11 is 0. The van der Waals surface area contributed by atoms with Crippen molar-refractivity contribution >= 4 is 12.2 Å². The lowest BCUT2D eigenvalue weighted by Crippen LogP contribution is -1.95. The number of nitrogens with zero attached hydrogens (tertiary/aromatic N) is 2. The lowest BCUT2D eigenvalue weighted by Gasteiger charge is -1.94. The first-order valence-corrected chi connectivity index (χ1v) is 3.48. The molecule has 4 heteroatoms. The normalized spacial score (nSPS) is 10.5. The van der Waals surface area contributed by atoms with Gasteiger partial charge in [0, 0.05) is 24.2 Å². The van der Waals surface area contributed by atoms with Crippen LogP contribution in [-0.2, 0) is 9.53 Å². The average Bonchev–Trinajstić information content (AvgIpc) is 2.47. The zero-order chi connectivity index (χ0) is 8.97. The van der Waals surface area contributed by atoms with E-state index in [1.54, 1.807) is 23.3 Å². The Kier molecular flexibility index (Phi) is 2.63. The zero-order valence-corrected chi connectivity index (χ0v) is 7.02. The summed E-state index contributed by atoms with van der Waals surface area (Å²) in [5.41, 5.74) is 0.968. The first-order chi connectivity index (χ1) is 5.74. The SMILES string of the molecule is COC(=O)/C=C/n1cncc1C. The van der Waals surface area contributed by atoms with E-state index in [1.165, 1.54) is 13.2 Å². The van der Waals surface area contributed by atoms with Crippen LogP contribution in [0.25, 0.3) is 6.20 Å². The Labute approximate surface area is 70.5 Å². The minimum Gasteiger partial charge on any atom is -0.466 e. The van der Waals surface area contributed by atoms with E-state index in [0.29, 0.717) is 0 Å². The highest BCUT2D eigenvalue weighted by molar-refractivity contribution is 5.84. The van der Waals surface area contributed by atoms with Crippen molar-refractivity contribution in [2.75, 3.05) is 7.11 Å². The fraction of sp³-hybridized carbons (Fsp3) is 0.250. The summed E-state index contributed by atoms with van der Waals surface area (Å²) in [5, 5.41) is 0. The molecule has 0 aliphatic rings. The van der Waals surface area contributed by atoms with Crippen LogP contribution < -0.4 is 0 Å². The molecule has 0 aliphatic carbocycles. The number of imidazole rings is 1. The largest absolute Gasteiger partial charge is 0.466 e. The quantitative estimate of drug-likeness (QED) is 0.483. The van der Waals surface area contributed by atoms with E-state index in [4.69, 9.17) is 0 Å². The predicted octanol–water partition coefficient (Wildman–Crippen LogP) is 0.835. The number of carbonyl (C=O) groups excluding carboxylic acids is 1. The highest BCUT2D eigenvalue weighted by Gasteiger charge is 1.93. The molecule has 12 heavy (non-hydrogen) atoms. The van der Waals surface area contributed by atoms with Gasteiger partial charge in [-0.2, -0.15) is 0 Å². The maximum Gasteiger partial charge on any atom is 0.331 e. The zero-order valence-electron chi connectivity index (χ0n) is 7.02. The molecule has 0 saturated heterocycles. The Bertz CT molecular complexity index is 302. The van der Waals surface area contributed by atoms with Crippen molar-refractivity contribution in [3.05, 3.63) is 24.3 Å². The van der Waals surface area contributed by atoms with Crippen LogP contribution in [-0.4, -0.2) is 22.6 Å². The van der Waals surface area contributed by atoms with Gasteiger partial charge in [-0.3, -0.25) is 0 Å². The molecule has 0 N–H and O–H groups in total. The van der Waals surface area contributed by atoms with E-state index >= 15 is 0 Å². The molecule has 0 unspecified atom stereocenters. The lowest BCUT2D eigenvalue weighted by molar-refractivity contribution is -0.134. The summed E-state index contributed by atoms with van der Waals surface area (Å²) in [5.74, 6) is -0.372. The Morgan fingerprint density at radius 3 is 3.00 bits per heavy atom. The Balaban J connectivity index is 2.69. The standard InChI is InChI=1S/C8H10N2O2/c1-7-5-9-6-10(7)4-3-8(11)12-2/h3-6H,1-2H3/b4-3+. The number of aromatic nitrogens is 2. The van der Waals surface area contributed by atoms with E-state index in [-0.39, 0.29) is 5.97 Å². The smallest absolute Gasteiger partial charge is 0.331 e. The van der Waals surface area contributed by atoms with Gasteiger partial charge in [0.25, 0.3) is 0 Å². The van der Waals surface area contributed by atoms with E-state index in [0.717, 1.165) is 5.69 Å². The van der Waals surface area contributed by atoms with Gasteiger partial charge < -0.3 is 9.30 Å². The number of ether oxygens (including phenoxy) is 1. The number of hydrogen-bond donors (Lipinski definition) is 0. The minimum absolute atomic E-state index is 0.372. The minimum atomic E-state index is -0.372. The van der Waals surface area contributed by atoms with Gasteiger partial charge >= 0.3 is 5.97 Å². The molecule has 0 radical (unpaired) electrons. The maximum absolute atomic E-state index is 10.7. The predicted molar refractivity (Wildman–Crippen MR) is 44.3 cm³/mol. The highest BCUT2D eigenvalue weighted by Crippen LogP contribution is 1.96. The van der Waals surface area contributed by atoms with Crippen molar-refractivity contribution in [3.8, 4) is 0 Å². The molecule has 64 valence electrons. The number of hydrogen-bond acceptors (Lipinski definition) is 3. The van der Waals surface area contributed by atoms with Gasteiger partial charge in [0.05, 0.1) is 13.4 Å². The molecule has 1 heterocycles. The Morgan fingerprint density at radius 2 is 2.50 bits per heavy atom. The monoisotopic (exact) mass is 166 g/mol. The van der Waals surface area contributed by atoms with Gasteiger partial charge in [-0.1, -0.05) is 0 Å². The van der Waals surface area contributed by atoms with Crippen LogP contribution >= 0.6 is 0 Å². The highest BCUT2D eigenvalue weighted by atomic mass is 16.5. The van der Waals surface area contributed by atoms with Crippen molar-refractivity contribution in [1.82, 2.24) is 9.55 Å². The van der Waals surface area contributed by atoms with Crippen LogP contribution in [0.15, 0.2) is 18.6 Å². The molecule has 0 bridgehead atoms. The molecule has 1 aromatic heterocycles. The molecule has 0 spiro atoms. The van der Waals surface area contributed by atoms with Gasteiger partial charge in [-0.05, 0) is 6.92 Å². The molecule has 0 saturated carbocycles. The summed E-state index contributed by atoms with van der Waals surface area (Å²) in [6, 6.07) is 0. The third-order valence-corrected chi connectivity index (χ3v) is 1.43. The van der Waals surface area contributed by atoms with Gasteiger partial charge in [-0.15, -0.1) is 0 Å². The third kappa shape index (κ3) is 1.95. The molecule has 1 aromatic rings. The summed E-state index contributed by atoms with van der Waals surface area (Å²) < 4.78 is 6.16. The van der Waals surface area contributed by atoms with Crippen LogP contribution in [0.2, 0.25) is 0 Å². The van der Waals surface area contributed by atoms with Crippen molar-refractivity contribution in [3.63, 3.8) is 0 Å². The van der Waals surface area contributed by atoms with Crippen molar-refractivity contribution in [2.45, 2.75) is 6.92 Å². The molecule has 0 aromatic carbocycles. The lowest BCUT2D eigenvalue weighted by atomic mass is 10.5. The number of methoxy groups -OCH3 is 1. The van der Waals surface area contributed by atoms with Crippen molar-refractivity contribution < 1.29 is 9.53 Å². The number of aryl methyl sites for hydroxylation is 1. The second-order valence-corrected chi connectivity index (χ2v) is 2.28. The molecule has 0 aliphatic heterocycles. The number of rotatable bonds is 2. The first kappa shape index (κ1) is 8.52. The molecular formula is C8H10N2O2. The fourth-order valence-electron chi connectivity index (χ4n) is 0.736. The number of carbonyl (C=O) groups is 1. The second kappa shape index (κ2) is 3.71. The van der Waals surface area contributed by atoms with Crippen LogP contribution in [0, 0.1) is 6.92 Å².